The highest BCUT2D eigenvalue weighted by atomic mass is 28.4. The minimum atomic E-state index is -1.68. The van der Waals surface area contributed by atoms with Gasteiger partial charge >= 0.3 is 0 Å². The van der Waals surface area contributed by atoms with Gasteiger partial charge in [-0.25, -0.2) is 0 Å². The molecule has 0 aliphatic carbocycles. The zero-order valence-electron chi connectivity index (χ0n) is 18.1. The third-order valence-electron chi connectivity index (χ3n) is 5.08. The Hall–Kier alpha value is -0.0862. The quantitative estimate of drug-likeness (QED) is 0.470. The Bertz CT molecular complexity index is 435. The molecule has 24 heavy (non-hydrogen) atoms. The van der Waals surface area contributed by atoms with Crippen LogP contribution in [0.2, 0.25) is 37.8 Å². The van der Waals surface area contributed by atoms with Crippen molar-refractivity contribution in [2.24, 2.45) is 17.8 Å². The first-order valence-corrected chi connectivity index (χ1v) is 15.8. The van der Waals surface area contributed by atoms with Crippen molar-refractivity contribution >= 4 is 16.4 Å². The van der Waals surface area contributed by atoms with Gasteiger partial charge in [0.25, 0.3) is 0 Å². The van der Waals surface area contributed by atoms with E-state index in [1.807, 2.05) is 6.92 Å². The summed E-state index contributed by atoms with van der Waals surface area (Å²) in [6.45, 7) is 25.3. The Labute approximate surface area is 153 Å². The first kappa shape index (κ1) is 23.9. The topological polar surface area (TPSA) is 29.5 Å². The van der Waals surface area contributed by atoms with Gasteiger partial charge in [-0.3, -0.25) is 0 Å². The fourth-order valence-electron chi connectivity index (χ4n) is 2.32. The molecule has 0 amide bonds. The fourth-order valence-corrected chi connectivity index (χ4v) is 4.11. The lowest BCUT2D eigenvalue weighted by Crippen LogP contribution is -2.42. The standard InChI is InChI=1S/C20H42O2Si2/c1-16(15-22-24(10,11)20(4,5)6)14-18(3)19(21)17(2)12-13-23(7,8)9/h16-19,21H,14-15H2,1-11H3/t16-,17+,18+,19+/m1/s1. The van der Waals surface area contributed by atoms with Gasteiger partial charge in [-0.05, 0) is 43.3 Å². The molecule has 0 radical (unpaired) electrons. The van der Waals surface area contributed by atoms with Crippen molar-refractivity contribution in [1.82, 2.24) is 0 Å². The van der Waals surface area contributed by atoms with Crippen LogP contribution in [0.25, 0.3) is 0 Å². The van der Waals surface area contributed by atoms with Crippen LogP contribution in [0, 0.1) is 29.2 Å². The van der Waals surface area contributed by atoms with E-state index in [9.17, 15) is 5.11 Å². The second-order valence-corrected chi connectivity index (χ2v) is 19.7. The molecule has 0 rings (SSSR count). The average Bonchev–Trinajstić information content (AvgIpc) is 2.39. The third kappa shape index (κ3) is 8.85. The van der Waals surface area contributed by atoms with E-state index < -0.39 is 16.4 Å². The van der Waals surface area contributed by atoms with E-state index in [1.165, 1.54) is 0 Å². The van der Waals surface area contributed by atoms with E-state index in [2.05, 4.69) is 78.8 Å². The van der Waals surface area contributed by atoms with Crippen LogP contribution in [0.1, 0.15) is 48.0 Å². The molecule has 0 unspecified atom stereocenters. The van der Waals surface area contributed by atoms with E-state index in [0.717, 1.165) is 13.0 Å². The minimum Gasteiger partial charge on any atom is -0.417 e. The second kappa shape index (κ2) is 9.03. The molecule has 0 aliphatic heterocycles. The van der Waals surface area contributed by atoms with Crippen LogP contribution in [0.15, 0.2) is 0 Å². The molecule has 1 N–H and O–H groups in total. The van der Waals surface area contributed by atoms with Crippen molar-refractivity contribution in [3.05, 3.63) is 0 Å². The summed E-state index contributed by atoms with van der Waals surface area (Å²) in [7, 11) is -3.05. The van der Waals surface area contributed by atoms with E-state index in [1.54, 1.807) is 0 Å². The number of aliphatic hydroxyl groups is 1. The smallest absolute Gasteiger partial charge is 0.191 e. The van der Waals surface area contributed by atoms with Crippen LogP contribution in [0.3, 0.4) is 0 Å². The molecular weight excluding hydrogens is 328 g/mol. The molecule has 0 aromatic rings. The fraction of sp³-hybridized carbons (Fsp3) is 0.900. The Balaban J connectivity index is 4.54. The van der Waals surface area contributed by atoms with Crippen LogP contribution < -0.4 is 0 Å². The molecule has 4 atom stereocenters. The van der Waals surface area contributed by atoms with Gasteiger partial charge in [0.05, 0.1) is 6.10 Å². The summed E-state index contributed by atoms with van der Waals surface area (Å²) in [6, 6.07) is 0. The van der Waals surface area contributed by atoms with Gasteiger partial charge in [-0.1, -0.05) is 54.3 Å². The normalized spacial score (nSPS) is 18.3. The van der Waals surface area contributed by atoms with Crippen LogP contribution in [0.4, 0.5) is 0 Å². The Morgan fingerprint density at radius 1 is 1.00 bits per heavy atom. The molecule has 0 fully saturated rings. The highest BCUT2D eigenvalue weighted by Gasteiger charge is 2.37. The molecule has 0 spiro atoms. The lowest BCUT2D eigenvalue weighted by Gasteiger charge is -2.37. The monoisotopic (exact) mass is 370 g/mol. The van der Waals surface area contributed by atoms with Crippen LogP contribution in [0.5, 0.6) is 0 Å². The Morgan fingerprint density at radius 2 is 1.50 bits per heavy atom. The van der Waals surface area contributed by atoms with E-state index in [0.29, 0.717) is 5.92 Å². The predicted molar refractivity (Wildman–Crippen MR) is 112 cm³/mol. The van der Waals surface area contributed by atoms with Gasteiger partial charge in [0.2, 0.25) is 0 Å². The lowest BCUT2D eigenvalue weighted by molar-refractivity contribution is 0.0691. The summed E-state index contributed by atoms with van der Waals surface area (Å²) in [4.78, 5) is 0. The molecular formula is C20H42O2Si2. The number of hydrogen-bond donors (Lipinski definition) is 1. The van der Waals surface area contributed by atoms with Crippen molar-refractivity contribution in [2.75, 3.05) is 6.61 Å². The molecule has 142 valence electrons. The highest BCUT2D eigenvalue weighted by molar-refractivity contribution is 6.83. The largest absolute Gasteiger partial charge is 0.417 e. The maximum atomic E-state index is 10.6. The van der Waals surface area contributed by atoms with Crippen molar-refractivity contribution in [1.29, 1.82) is 0 Å². The van der Waals surface area contributed by atoms with E-state index >= 15 is 0 Å². The first-order valence-electron chi connectivity index (χ1n) is 9.41. The van der Waals surface area contributed by atoms with E-state index in [4.69, 9.17) is 4.43 Å². The van der Waals surface area contributed by atoms with Gasteiger partial charge in [0.15, 0.2) is 8.32 Å². The maximum Gasteiger partial charge on any atom is 0.191 e. The maximum absolute atomic E-state index is 10.6. The highest BCUT2D eigenvalue weighted by Crippen LogP contribution is 2.37. The van der Waals surface area contributed by atoms with Crippen LogP contribution in [-0.4, -0.2) is 34.2 Å². The molecule has 4 heteroatoms. The van der Waals surface area contributed by atoms with Crippen molar-refractivity contribution < 1.29 is 9.53 Å². The summed E-state index contributed by atoms with van der Waals surface area (Å²) in [5.74, 6) is 4.04. The third-order valence-corrected chi connectivity index (χ3v) is 10.5. The van der Waals surface area contributed by atoms with Gasteiger partial charge in [-0.2, -0.15) is 0 Å². The van der Waals surface area contributed by atoms with Crippen molar-refractivity contribution in [3.8, 4) is 11.5 Å². The van der Waals surface area contributed by atoms with Crippen LogP contribution >= 0.6 is 0 Å². The van der Waals surface area contributed by atoms with Gasteiger partial charge < -0.3 is 9.53 Å². The minimum absolute atomic E-state index is 0.0419. The average molecular weight is 371 g/mol. The first-order chi connectivity index (χ1) is 10.6. The zero-order chi connectivity index (χ0) is 19.3. The van der Waals surface area contributed by atoms with Gasteiger partial charge in [-0.15, -0.1) is 11.5 Å². The lowest BCUT2D eigenvalue weighted by atomic mass is 9.87. The SMILES string of the molecule is C[C@@H](CO[Si](C)(C)C(C)(C)C)C[C@H](C)[C@@H](O)[C@@H](C)C#C[Si](C)(C)C. The molecule has 0 heterocycles. The zero-order valence-corrected chi connectivity index (χ0v) is 20.1. The molecule has 0 aromatic heterocycles. The van der Waals surface area contributed by atoms with Crippen molar-refractivity contribution in [2.45, 2.75) is 91.8 Å². The molecule has 2 nitrogen and oxygen atoms in total. The molecule has 0 bridgehead atoms. The van der Waals surface area contributed by atoms with Crippen LogP contribution in [-0.2, 0) is 4.43 Å². The summed E-state index contributed by atoms with van der Waals surface area (Å²) in [5, 5.41) is 10.8. The summed E-state index contributed by atoms with van der Waals surface area (Å²) in [5.41, 5.74) is 3.38. The Kier molecular flexibility index (Phi) is 8.99. The Morgan fingerprint density at radius 3 is 1.92 bits per heavy atom. The second-order valence-electron chi connectivity index (χ2n) is 10.2. The number of rotatable bonds is 7. The van der Waals surface area contributed by atoms with Crippen molar-refractivity contribution in [3.63, 3.8) is 0 Å². The molecule has 0 aliphatic rings. The van der Waals surface area contributed by atoms with Gasteiger partial charge in [0, 0.05) is 12.5 Å². The summed E-state index contributed by atoms with van der Waals surface area (Å²) < 4.78 is 6.32. The summed E-state index contributed by atoms with van der Waals surface area (Å²) >= 11 is 0. The number of hydrogen-bond acceptors (Lipinski definition) is 2. The van der Waals surface area contributed by atoms with E-state index in [-0.39, 0.29) is 23.0 Å². The molecule has 0 saturated heterocycles. The summed E-state index contributed by atoms with van der Waals surface area (Å²) in [6.07, 6.45) is 0.624. The predicted octanol–water partition coefficient (Wildman–Crippen LogP) is 5.55. The number of aliphatic hydroxyl groups excluding tert-OH is 1. The molecule has 0 saturated carbocycles. The molecule has 0 aromatic carbocycles. The van der Waals surface area contributed by atoms with Gasteiger partial charge in [0.1, 0.15) is 8.07 Å².